The van der Waals surface area contributed by atoms with Crippen molar-refractivity contribution in [1.82, 2.24) is 0 Å². The highest BCUT2D eigenvalue weighted by Crippen LogP contribution is 2.59. The summed E-state index contributed by atoms with van der Waals surface area (Å²) in [5.74, 6) is 2.10. The third kappa shape index (κ3) is 4.42. The van der Waals surface area contributed by atoms with E-state index >= 15 is 0 Å². The Morgan fingerprint density at radius 3 is 1.74 bits per heavy atom. The average molecular weight is 749 g/mol. The molecular formula is C50H40OS2Si. The quantitative estimate of drug-likeness (QED) is 0.163. The van der Waals surface area contributed by atoms with Crippen LogP contribution in [0.3, 0.4) is 0 Å². The predicted octanol–water partition coefficient (Wildman–Crippen LogP) is 13.2. The lowest BCUT2D eigenvalue weighted by Crippen LogP contribution is -2.56. The fourth-order valence-corrected chi connectivity index (χ4v) is 15.0. The zero-order valence-electron chi connectivity index (χ0n) is 31.4. The molecule has 0 saturated heterocycles. The SMILES string of the molecule is CC1(C)c2cc(-c3cccc(-c4ccc5c(c4)C(C)(C)c4ccc6c(c4-5)Sc4ccccc4S6)c3)ccc2-c2c1ccc1c2Oc2ccccc2[Si]1(C)C. The van der Waals surface area contributed by atoms with Crippen LogP contribution in [0.15, 0.2) is 153 Å². The molecule has 4 heteroatoms. The van der Waals surface area contributed by atoms with Crippen molar-refractivity contribution in [3.8, 4) is 56.0 Å². The second kappa shape index (κ2) is 11.2. The van der Waals surface area contributed by atoms with Gasteiger partial charge in [-0.25, -0.2) is 0 Å². The van der Waals surface area contributed by atoms with Crippen LogP contribution in [0.2, 0.25) is 13.1 Å². The number of fused-ring (bicyclic) bond motifs is 12. The van der Waals surface area contributed by atoms with E-state index in [0.29, 0.717) is 0 Å². The first kappa shape index (κ1) is 32.7. The normalized spacial score (nSPS) is 16.8. The number of hydrogen-bond acceptors (Lipinski definition) is 3. The van der Waals surface area contributed by atoms with Gasteiger partial charge in [0.25, 0.3) is 0 Å². The van der Waals surface area contributed by atoms with Crippen molar-refractivity contribution in [2.24, 2.45) is 0 Å². The first-order chi connectivity index (χ1) is 26.0. The molecule has 54 heavy (non-hydrogen) atoms. The van der Waals surface area contributed by atoms with E-state index in [-0.39, 0.29) is 10.8 Å². The molecule has 0 amide bonds. The first-order valence-electron chi connectivity index (χ1n) is 19.0. The molecule has 7 aromatic rings. The van der Waals surface area contributed by atoms with Crippen molar-refractivity contribution in [2.45, 2.75) is 71.2 Å². The molecule has 0 atom stereocenters. The van der Waals surface area contributed by atoms with E-state index in [0.717, 1.165) is 11.5 Å². The van der Waals surface area contributed by atoms with Gasteiger partial charge in [0.2, 0.25) is 0 Å². The molecule has 262 valence electrons. The highest BCUT2D eigenvalue weighted by molar-refractivity contribution is 8.05. The van der Waals surface area contributed by atoms with Gasteiger partial charge in [0.15, 0.2) is 0 Å². The van der Waals surface area contributed by atoms with E-state index in [9.17, 15) is 0 Å². The van der Waals surface area contributed by atoms with E-state index in [1.807, 2.05) is 23.5 Å². The predicted molar refractivity (Wildman–Crippen MR) is 230 cm³/mol. The summed E-state index contributed by atoms with van der Waals surface area (Å²) >= 11 is 3.84. The molecular weight excluding hydrogens is 709 g/mol. The molecule has 11 rings (SSSR count). The van der Waals surface area contributed by atoms with Gasteiger partial charge < -0.3 is 4.74 Å². The minimum atomic E-state index is -1.92. The van der Waals surface area contributed by atoms with Crippen LogP contribution in [0.1, 0.15) is 49.9 Å². The summed E-state index contributed by atoms with van der Waals surface area (Å²) < 4.78 is 6.83. The zero-order chi connectivity index (χ0) is 36.7. The molecule has 0 spiro atoms. The third-order valence-electron chi connectivity index (χ3n) is 12.8. The summed E-state index contributed by atoms with van der Waals surface area (Å²) in [6.45, 7) is 14.5. The Kier molecular flexibility index (Phi) is 6.75. The van der Waals surface area contributed by atoms with E-state index in [1.165, 1.54) is 96.7 Å². The second-order valence-corrected chi connectivity index (χ2v) is 23.4. The van der Waals surface area contributed by atoms with Crippen molar-refractivity contribution in [2.75, 3.05) is 0 Å². The van der Waals surface area contributed by atoms with Crippen molar-refractivity contribution >= 4 is 42.0 Å². The molecule has 4 aliphatic rings. The van der Waals surface area contributed by atoms with Gasteiger partial charge >= 0.3 is 0 Å². The highest BCUT2D eigenvalue weighted by Gasteiger charge is 2.44. The maximum Gasteiger partial charge on any atom is 0.135 e. The Hall–Kier alpha value is -4.74. The molecule has 0 N–H and O–H groups in total. The van der Waals surface area contributed by atoms with Gasteiger partial charge in [-0.15, -0.1) is 0 Å². The second-order valence-electron chi connectivity index (χ2n) is 16.9. The van der Waals surface area contributed by atoms with Crippen molar-refractivity contribution in [3.05, 3.63) is 156 Å². The van der Waals surface area contributed by atoms with E-state index in [2.05, 4.69) is 174 Å². The maximum absolute atomic E-state index is 6.83. The smallest absolute Gasteiger partial charge is 0.135 e. The zero-order valence-corrected chi connectivity index (χ0v) is 34.1. The molecule has 0 fully saturated rings. The van der Waals surface area contributed by atoms with Crippen LogP contribution in [0.5, 0.6) is 11.5 Å². The van der Waals surface area contributed by atoms with Crippen LogP contribution >= 0.6 is 23.5 Å². The summed E-state index contributed by atoms with van der Waals surface area (Å²) in [7, 11) is -1.92. The minimum absolute atomic E-state index is 0.0846. The number of para-hydroxylation sites is 1. The lowest BCUT2D eigenvalue weighted by molar-refractivity contribution is 0.487. The largest absolute Gasteiger partial charge is 0.457 e. The van der Waals surface area contributed by atoms with Crippen LogP contribution in [0, 0.1) is 0 Å². The molecule has 2 heterocycles. The van der Waals surface area contributed by atoms with E-state index < -0.39 is 8.07 Å². The van der Waals surface area contributed by atoms with Crippen molar-refractivity contribution in [1.29, 1.82) is 0 Å². The molecule has 7 aromatic carbocycles. The number of ether oxygens (including phenoxy) is 1. The summed E-state index contributed by atoms with van der Waals surface area (Å²) in [5.41, 5.74) is 15.7. The number of rotatable bonds is 2. The fourth-order valence-electron chi connectivity index (χ4n) is 9.76. The molecule has 0 bridgehead atoms. The van der Waals surface area contributed by atoms with Gasteiger partial charge in [-0.05, 0) is 108 Å². The molecule has 0 aromatic heterocycles. The Morgan fingerprint density at radius 2 is 1.04 bits per heavy atom. The Labute approximate surface area is 327 Å². The Bertz CT molecular complexity index is 2790. The Morgan fingerprint density at radius 1 is 0.463 bits per heavy atom. The first-order valence-corrected chi connectivity index (χ1v) is 23.6. The molecule has 2 aliphatic heterocycles. The van der Waals surface area contributed by atoms with Gasteiger partial charge in [0.1, 0.15) is 19.6 Å². The lowest BCUT2D eigenvalue weighted by atomic mass is 9.81. The minimum Gasteiger partial charge on any atom is -0.457 e. The number of hydrogen-bond donors (Lipinski definition) is 0. The van der Waals surface area contributed by atoms with E-state index in [4.69, 9.17) is 4.74 Å². The standard InChI is InChI=1S/C50H40OS2Si/c1-49(2)35-23-25-44-47(51-39-14-7-10-17-43(39)54(44,5)6)45(35)33-20-18-31(27-37(33)49)29-12-11-13-30(26-29)32-19-21-34-38(28-32)50(3,4)36-22-24-42-48(46(34)36)53-41-16-9-8-15-40(41)52-42/h7-28H,1-6H3. The van der Waals surface area contributed by atoms with Gasteiger partial charge in [0.05, 0.1) is 0 Å². The van der Waals surface area contributed by atoms with Gasteiger partial charge in [0, 0.05) is 41.5 Å². The summed E-state index contributed by atoms with van der Waals surface area (Å²) in [5, 5.41) is 2.77. The molecule has 2 aliphatic carbocycles. The monoisotopic (exact) mass is 748 g/mol. The van der Waals surface area contributed by atoms with Gasteiger partial charge in [-0.1, -0.05) is 155 Å². The molecule has 0 saturated carbocycles. The Balaban J connectivity index is 0.971. The average Bonchev–Trinajstić information content (AvgIpc) is 3.56. The van der Waals surface area contributed by atoms with Crippen molar-refractivity contribution < 1.29 is 4.74 Å². The topological polar surface area (TPSA) is 9.23 Å². The van der Waals surface area contributed by atoms with Crippen LogP contribution in [-0.2, 0) is 10.8 Å². The number of benzene rings is 7. The van der Waals surface area contributed by atoms with Crippen LogP contribution in [0.25, 0.3) is 44.5 Å². The molecule has 0 unspecified atom stereocenters. The van der Waals surface area contributed by atoms with Crippen LogP contribution in [0.4, 0.5) is 0 Å². The summed E-state index contributed by atoms with van der Waals surface area (Å²) in [4.78, 5) is 5.47. The van der Waals surface area contributed by atoms with Gasteiger partial charge in [-0.3, -0.25) is 0 Å². The van der Waals surface area contributed by atoms with Crippen LogP contribution < -0.4 is 15.1 Å². The molecule has 1 nitrogen and oxygen atoms in total. The fraction of sp³-hybridized carbons (Fsp3) is 0.160. The van der Waals surface area contributed by atoms with Crippen LogP contribution in [-0.4, -0.2) is 8.07 Å². The highest BCUT2D eigenvalue weighted by atomic mass is 32.2. The van der Waals surface area contributed by atoms with Crippen molar-refractivity contribution in [3.63, 3.8) is 0 Å². The summed E-state index contributed by atoms with van der Waals surface area (Å²) in [6.07, 6.45) is 0. The maximum atomic E-state index is 6.83. The summed E-state index contributed by atoms with van der Waals surface area (Å²) in [6, 6.07) is 50.4. The van der Waals surface area contributed by atoms with E-state index in [1.54, 1.807) is 0 Å². The third-order valence-corrected chi connectivity index (χ3v) is 18.9. The lowest BCUT2D eigenvalue weighted by Gasteiger charge is -2.34. The molecule has 0 radical (unpaired) electrons. The van der Waals surface area contributed by atoms with Gasteiger partial charge in [-0.2, -0.15) is 0 Å².